The monoisotopic (exact) mass is 170 g/mol. The van der Waals surface area contributed by atoms with E-state index in [0.29, 0.717) is 6.42 Å². The summed E-state index contributed by atoms with van der Waals surface area (Å²) < 4.78 is 4.61. The molecule has 1 heterocycles. The maximum Gasteiger partial charge on any atom is 0.315 e. The lowest BCUT2D eigenvalue weighted by Gasteiger charge is -2.21. The molecule has 2 aliphatic rings. The summed E-state index contributed by atoms with van der Waals surface area (Å²) in [6.45, 7) is 0. The lowest BCUT2D eigenvalue weighted by molar-refractivity contribution is -0.156. The van der Waals surface area contributed by atoms with Crippen molar-refractivity contribution in [3.8, 4) is 0 Å². The van der Waals surface area contributed by atoms with Gasteiger partial charge in [-0.2, -0.15) is 0 Å². The van der Waals surface area contributed by atoms with E-state index in [0.717, 1.165) is 0 Å². The van der Waals surface area contributed by atoms with Gasteiger partial charge in [0.15, 0.2) is 0 Å². The number of rotatable bonds is 0. The molecule has 1 aliphatic heterocycles. The first-order valence-electron chi connectivity index (χ1n) is 3.93. The van der Waals surface area contributed by atoms with Crippen LogP contribution in [0.3, 0.4) is 0 Å². The fourth-order valence-corrected chi connectivity index (χ4v) is 1.73. The van der Waals surface area contributed by atoms with Crippen LogP contribution >= 0.6 is 0 Å². The molecule has 1 aliphatic carbocycles. The van der Waals surface area contributed by atoms with Crippen LogP contribution in [-0.4, -0.2) is 28.6 Å². The minimum Gasteiger partial charge on any atom is -0.435 e. The van der Waals surface area contributed by atoms with Gasteiger partial charge in [-0.3, -0.25) is 4.79 Å². The van der Waals surface area contributed by atoms with E-state index in [2.05, 4.69) is 4.74 Å². The Morgan fingerprint density at radius 1 is 1.42 bits per heavy atom. The van der Waals surface area contributed by atoms with Crippen molar-refractivity contribution in [2.45, 2.75) is 18.8 Å². The summed E-state index contributed by atoms with van der Waals surface area (Å²) in [5, 5.41) is 18.4. The molecule has 0 radical (unpaired) electrons. The van der Waals surface area contributed by atoms with Crippen LogP contribution in [0, 0.1) is 11.8 Å². The van der Waals surface area contributed by atoms with Crippen LogP contribution in [0.25, 0.3) is 0 Å². The average molecular weight is 170 g/mol. The minimum absolute atomic E-state index is 0.266. The third-order valence-electron chi connectivity index (χ3n) is 2.39. The van der Waals surface area contributed by atoms with E-state index in [-0.39, 0.29) is 11.8 Å². The Hall–Kier alpha value is -0.870. The lowest BCUT2D eigenvalue weighted by atomic mass is 9.84. The van der Waals surface area contributed by atoms with E-state index in [9.17, 15) is 15.0 Å². The highest BCUT2D eigenvalue weighted by Crippen LogP contribution is 2.34. The van der Waals surface area contributed by atoms with E-state index < -0.39 is 18.4 Å². The molecular formula is C8H10O4. The SMILES string of the molecule is O=C1O[C@@H](O)[C@H]2C[C@@H](O)C=C[C@@H]12. The Bertz CT molecular complexity index is 235. The van der Waals surface area contributed by atoms with Crippen LogP contribution in [0.2, 0.25) is 0 Å². The van der Waals surface area contributed by atoms with Gasteiger partial charge in [0.1, 0.15) is 0 Å². The summed E-state index contributed by atoms with van der Waals surface area (Å²) in [4.78, 5) is 11.0. The van der Waals surface area contributed by atoms with Gasteiger partial charge >= 0.3 is 5.97 Å². The maximum absolute atomic E-state index is 11.0. The molecule has 2 N–H and O–H groups in total. The van der Waals surface area contributed by atoms with Crippen molar-refractivity contribution in [3.05, 3.63) is 12.2 Å². The van der Waals surface area contributed by atoms with Gasteiger partial charge in [-0.05, 0) is 6.42 Å². The Balaban J connectivity index is 2.23. The molecule has 0 amide bonds. The van der Waals surface area contributed by atoms with Gasteiger partial charge in [0, 0.05) is 5.92 Å². The number of carbonyl (C=O) groups is 1. The second kappa shape index (κ2) is 2.57. The zero-order valence-electron chi connectivity index (χ0n) is 6.38. The second-order valence-corrected chi connectivity index (χ2v) is 3.21. The van der Waals surface area contributed by atoms with Crippen molar-refractivity contribution in [1.29, 1.82) is 0 Å². The Morgan fingerprint density at radius 2 is 2.17 bits per heavy atom. The van der Waals surface area contributed by atoms with E-state index >= 15 is 0 Å². The summed E-state index contributed by atoms with van der Waals surface area (Å²) in [5.41, 5.74) is 0. The first-order chi connectivity index (χ1) is 5.68. The fraction of sp³-hybridized carbons (Fsp3) is 0.625. The quantitative estimate of drug-likeness (QED) is 0.377. The fourth-order valence-electron chi connectivity index (χ4n) is 1.73. The average Bonchev–Trinajstić information content (AvgIpc) is 2.28. The van der Waals surface area contributed by atoms with Crippen LogP contribution in [0.1, 0.15) is 6.42 Å². The van der Waals surface area contributed by atoms with Crippen LogP contribution < -0.4 is 0 Å². The molecule has 4 heteroatoms. The number of hydrogen-bond acceptors (Lipinski definition) is 4. The number of cyclic esters (lactones) is 1. The molecule has 0 spiro atoms. The number of ether oxygens (including phenoxy) is 1. The Labute approximate surface area is 69.5 Å². The van der Waals surface area contributed by atoms with Gasteiger partial charge < -0.3 is 14.9 Å². The largest absolute Gasteiger partial charge is 0.435 e. The normalized spacial score (nSPS) is 45.7. The van der Waals surface area contributed by atoms with Crippen molar-refractivity contribution in [2.24, 2.45) is 11.8 Å². The van der Waals surface area contributed by atoms with Gasteiger partial charge in [0.05, 0.1) is 12.0 Å². The second-order valence-electron chi connectivity index (χ2n) is 3.21. The van der Waals surface area contributed by atoms with Gasteiger partial charge in [-0.1, -0.05) is 12.2 Å². The van der Waals surface area contributed by atoms with Gasteiger partial charge in [-0.15, -0.1) is 0 Å². The zero-order chi connectivity index (χ0) is 8.72. The molecule has 0 aromatic rings. The predicted molar refractivity (Wildman–Crippen MR) is 38.8 cm³/mol. The lowest BCUT2D eigenvalue weighted by Crippen LogP contribution is -2.27. The molecular weight excluding hydrogens is 160 g/mol. The van der Waals surface area contributed by atoms with Crippen molar-refractivity contribution < 1.29 is 19.7 Å². The minimum atomic E-state index is -1.04. The third kappa shape index (κ3) is 1.04. The van der Waals surface area contributed by atoms with Crippen LogP contribution in [0.15, 0.2) is 12.2 Å². The molecule has 0 saturated carbocycles. The van der Waals surface area contributed by atoms with Crippen LogP contribution in [0.5, 0.6) is 0 Å². The number of fused-ring (bicyclic) bond motifs is 1. The molecule has 1 saturated heterocycles. The molecule has 0 bridgehead atoms. The molecule has 4 nitrogen and oxygen atoms in total. The van der Waals surface area contributed by atoms with Gasteiger partial charge in [-0.25, -0.2) is 0 Å². The highest BCUT2D eigenvalue weighted by molar-refractivity contribution is 5.77. The van der Waals surface area contributed by atoms with E-state index in [1.807, 2.05) is 0 Å². The summed E-state index contributed by atoms with van der Waals surface area (Å²) in [6.07, 6.45) is 1.98. The Kier molecular flexibility index (Phi) is 1.66. The topological polar surface area (TPSA) is 66.8 Å². The van der Waals surface area contributed by atoms with Crippen molar-refractivity contribution >= 4 is 5.97 Å². The zero-order valence-corrected chi connectivity index (χ0v) is 6.38. The van der Waals surface area contributed by atoms with Crippen molar-refractivity contribution in [1.82, 2.24) is 0 Å². The van der Waals surface area contributed by atoms with Gasteiger partial charge in [0.25, 0.3) is 0 Å². The third-order valence-corrected chi connectivity index (χ3v) is 2.39. The molecule has 0 unspecified atom stereocenters. The first-order valence-corrected chi connectivity index (χ1v) is 3.93. The number of aliphatic hydroxyl groups is 2. The molecule has 66 valence electrons. The molecule has 0 aromatic carbocycles. The summed E-state index contributed by atoms with van der Waals surface area (Å²) in [7, 11) is 0. The molecule has 4 atom stereocenters. The number of aliphatic hydroxyl groups excluding tert-OH is 2. The first kappa shape index (κ1) is 7.76. The number of carbonyl (C=O) groups excluding carboxylic acids is 1. The van der Waals surface area contributed by atoms with Crippen LogP contribution in [0.4, 0.5) is 0 Å². The highest BCUT2D eigenvalue weighted by Gasteiger charge is 2.44. The Morgan fingerprint density at radius 3 is 2.92 bits per heavy atom. The van der Waals surface area contributed by atoms with E-state index in [4.69, 9.17) is 0 Å². The molecule has 0 aromatic heterocycles. The summed E-state index contributed by atoms with van der Waals surface area (Å²) in [6, 6.07) is 0. The molecule has 1 fully saturated rings. The smallest absolute Gasteiger partial charge is 0.315 e. The van der Waals surface area contributed by atoms with Gasteiger partial charge in [0.2, 0.25) is 6.29 Å². The standard InChI is InChI=1S/C8H10O4/c9-4-1-2-5-6(3-4)8(11)12-7(5)10/h1-2,4-6,8-9,11H,3H2/t4-,5+,6-,8+/m0/s1. The number of esters is 1. The van der Waals surface area contributed by atoms with Crippen molar-refractivity contribution in [2.75, 3.05) is 0 Å². The predicted octanol–water partition coefficient (Wildman–Crippen LogP) is -0.585. The number of hydrogen-bond donors (Lipinski definition) is 2. The highest BCUT2D eigenvalue weighted by atomic mass is 16.6. The maximum atomic E-state index is 11.0. The summed E-state index contributed by atoms with van der Waals surface area (Å²) >= 11 is 0. The van der Waals surface area contributed by atoms with E-state index in [1.165, 1.54) is 0 Å². The van der Waals surface area contributed by atoms with Crippen molar-refractivity contribution in [3.63, 3.8) is 0 Å². The van der Waals surface area contributed by atoms with Crippen LogP contribution in [-0.2, 0) is 9.53 Å². The summed E-state index contributed by atoms with van der Waals surface area (Å²) in [5.74, 6) is -1.02. The molecule has 2 rings (SSSR count). The van der Waals surface area contributed by atoms with E-state index in [1.54, 1.807) is 12.2 Å². The molecule has 12 heavy (non-hydrogen) atoms.